The van der Waals surface area contributed by atoms with Gasteiger partial charge in [-0.2, -0.15) is 5.26 Å². The van der Waals surface area contributed by atoms with Crippen molar-refractivity contribution in [2.45, 2.75) is 0 Å². The van der Waals surface area contributed by atoms with Crippen LogP contribution >= 0.6 is 0 Å². The fourth-order valence-corrected chi connectivity index (χ4v) is 1.63. The SMILES string of the molecule is COC(=O)CN(CC(=O)O)C(=O)/C(C#N)=C/c1ccc(O)cc1. The normalized spacial score (nSPS) is 10.5. The van der Waals surface area contributed by atoms with Crippen LogP contribution in [0, 0.1) is 11.3 Å². The van der Waals surface area contributed by atoms with Crippen LogP contribution in [0.4, 0.5) is 0 Å². The predicted octanol–water partition coefficient (Wildman–Crippen LogP) is 0.385. The summed E-state index contributed by atoms with van der Waals surface area (Å²) in [6, 6.07) is 7.36. The molecule has 0 saturated heterocycles. The Balaban J connectivity index is 3.06. The number of hydrogen-bond acceptors (Lipinski definition) is 6. The van der Waals surface area contributed by atoms with E-state index in [2.05, 4.69) is 4.74 Å². The maximum Gasteiger partial charge on any atom is 0.325 e. The molecule has 8 nitrogen and oxygen atoms in total. The summed E-state index contributed by atoms with van der Waals surface area (Å²) in [6.45, 7) is -1.33. The molecule has 0 saturated carbocycles. The van der Waals surface area contributed by atoms with Crippen LogP contribution in [0.5, 0.6) is 5.75 Å². The molecular formula is C15H14N2O6. The number of aliphatic carboxylic acids is 1. The summed E-state index contributed by atoms with van der Waals surface area (Å²) in [4.78, 5) is 35.0. The summed E-state index contributed by atoms with van der Waals surface area (Å²) in [6.07, 6.45) is 1.23. The molecule has 8 heteroatoms. The molecule has 0 heterocycles. The van der Waals surface area contributed by atoms with Gasteiger partial charge >= 0.3 is 11.9 Å². The minimum absolute atomic E-state index is 0.0187. The number of benzene rings is 1. The fraction of sp³-hybridized carbons (Fsp3) is 0.200. The van der Waals surface area contributed by atoms with E-state index in [9.17, 15) is 19.5 Å². The molecule has 1 amide bonds. The topological polar surface area (TPSA) is 128 Å². The van der Waals surface area contributed by atoms with Gasteiger partial charge < -0.3 is 19.8 Å². The van der Waals surface area contributed by atoms with Crippen molar-refractivity contribution < 1.29 is 29.3 Å². The molecule has 0 spiro atoms. The lowest BCUT2D eigenvalue weighted by molar-refractivity contribution is -0.149. The Morgan fingerprint density at radius 1 is 1.26 bits per heavy atom. The van der Waals surface area contributed by atoms with Gasteiger partial charge in [0.25, 0.3) is 5.91 Å². The van der Waals surface area contributed by atoms with Crippen LogP contribution in [0.25, 0.3) is 6.08 Å². The molecule has 0 aliphatic carbocycles. The van der Waals surface area contributed by atoms with E-state index in [1.54, 1.807) is 6.07 Å². The Labute approximate surface area is 131 Å². The third-order valence-electron chi connectivity index (χ3n) is 2.72. The number of carboxylic acids is 1. The quantitative estimate of drug-likeness (QED) is 0.441. The molecule has 1 rings (SSSR count). The van der Waals surface area contributed by atoms with Crippen LogP contribution in [-0.2, 0) is 19.1 Å². The van der Waals surface area contributed by atoms with Gasteiger partial charge in [-0.05, 0) is 23.8 Å². The average Bonchev–Trinajstić information content (AvgIpc) is 2.52. The first-order chi connectivity index (χ1) is 10.9. The second-order valence-corrected chi connectivity index (χ2v) is 4.39. The van der Waals surface area contributed by atoms with Crippen molar-refractivity contribution in [1.29, 1.82) is 5.26 Å². The number of nitriles is 1. The Morgan fingerprint density at radius 2 is 1.87 bits per heavy atom. The van der Waals surface area contributed by atoms with Crippen LogP contribution in [0.3, 0.4) is 0 Å². The zero-order valence-electron chi connectivity index (χ0n) is 12.2. The molecule has 1 aromatic carbocycles. The smallest absolute Gasteiger partial charge is 0.325 e. The number of hydrogen-bond donors (Lipinski definition) is 2. The third kappa shape index (κ3) is 5.51. The summed E-state index contributed by atoms with van der Waals surface area (Å²) in [7, 11) is 1.10. The van der Waals surface area contributed by atoms with E-state index >= 15 is 0 Å². The number of esters is 1. The van der Waals surface area contributed by atoms with Gasteiger partial charge in [-0.25, -0.2) is 0 Å². The van der Waals surface area contributed by atoms with Crippen molar-refractivity contribution in [3.8, 4) is 11.8 Å². The number of nitrogens with zero attached hydrogens (tertiary/aromatic N) is 2. The summed E-state index contributed by atoms with van der Waals surface area (Å²) in [5.74, 6) is -3.02. The highest BCUT2D eigenvalue weighted by molar-refractivity contribution is 6.03. The standard InChI is InChI=1S/C15H14N2O6/c1-23-14(21)9-17(8-13(19)20)15(22)11(7-16)6-10-2-4-12(18)5-3-10/h2-6,18H,8-9H2,1H3,(H,19,20)/b11-6+. The van der Waals surface area contributed by atoms with Crippen molar-refractivity contribution >= 4 is 23.9 Å². The third-order valence-corrected chi connectivity index (χ3v) is 2.72. The molecule has 120 valence electrons. The Kier molecular flexibility index (Phi) is 6.30. The Hall–Kier alpha value is -3.34. The zero-order valence-corrected chi connectivity index (χ0v) is 12.2. The first-order valence-electron chi connectivity index (χ1n) is 6.36. The predicted molar refractivity (Wildman–Crippen MR) is 77.9 cm³/mol. The molecule has 2 N–H and O–H groups in total. The van der Waals surface area contributed by atoms with E-state index in [4.69, 9.17) is 10.4 Å². The number of carboxylic acid groups (broad SMARTS) is 1. The largest absolute Gasteiger partial charge is 0.508 e. The maximum atomic E-state index is 12.2. The van der Waals surface area contributed by atoms with Crippen molar-refractivity contribution in [2.24, 2.45) is 0 Å². The molecule has 0 aliphatic rings. The van der Waals surface area contributed by atoms with Crippen LogP contribution in [-0.4, -0.2) is 53.2 Å². The van der Waals surface area contributed by atoms with E-state index in [-0.39, 0.29) is 11.3 Å². The van der Waals surface area contributed by atoms with E-state index in [0.29, 0.717) is 10.5 Å². The first kappa shape index (κ1) is 17.7. The van der Waals surface area contributed by atoms with Gasteiger partial charge in [0.15, 0.2) is 0 Å². The van der Waals surface area contributed by atoms with Gasteiger partial charge in [-0.3, -0.25) is 14.4 Å². The van der Waals surface area contributed by atoms with Gasteiger partial charge in [-0.1, -0.05) is 12.1 Å². The lowest BCUT2D eigenvalue weighted by Crippen LogP contribution is -2.40. The van der Waals surface area contributed by atoms with Crippen LogP contribution in [0.15, 0.2) is 29.8 Å². The fourth-order valence-electron chi connectivity index (χ4n) is 1.63. The molecule has 0 unspecified atom stereocenters. The van der Waals surface area contributed by atoms with E-state index in [1.165, 1.54) is 30.3 Å². The number of rotatable bonds is 6. The number of phenolic OH excluding ortho intramolecular Hbond substituents is 1. The summed E-state index contributed by atoms with van der Waals surface area (Å²) < 4.78 is 4.40. The molecule has 0 bridgehead atoms. The Bertz CT molecular complexity index is 672. The highest BCUT2D eigenvalue weighted by atomic mass is 16.5. The van der Waals surface area contributed by atoms with Crippen LogP contribution in [0.1, 0.15) is 5.56 Å². The van der Waals surface area contributed by atoms with Gasteiger partial charge in [0.1, 0.15) is 30.5 Å². The van der Waals surface area contributed by atoms with Crippen molar-refractivity contribution in [3.63, 3.8) is 0 Å². The van der Waals surface area contributed by atoms with Gasteiger partial charge in [0.05, 0.1) is 7.11 Å². The van der Waals surface area contributed by atoms with Crippen LogP contribution in [0.2, 0.25) is 0 Å². The summed E-state index contributed by atoms with van der Waals surface area (Å²) in [5, 5.41) is 27.1. The molecule has 1 aromatic rings. The highest BCUT2D eigenvalue weighted by Gasteiger charge is 2.23. The lowest BCUT2D eigenvalue weighted by Gasteiger charge is -2.18. The van der Waals surface area contributed by atoms with Gasteiger partial charge in [0.2, 0.25) is 0 Å². The summed E-state index contributed by atoms with van der Waals surface area (Å²) >= 11 is 0. The van der Waals surface area contributed by atoms with Gasteiger partial charge in [-0.15, -0.1) is 0 Å². The van der Waals surface area contributed by atoms with Crippen molar-refractivity contribution in [2.75, 3.05) is 20.2 Å². The molecule has 0 fully saturated rings. The number of amides is 1. The second-order valence-electron chi connectivity index (χ2n) is 4.39. The number of ether oxygens (including phenoxy) is 1. The summed E-state index contributed by atoms with van der Waals surface area (Å²) in [5.41, 5.74) is 0.113. The minimum Gasteiger partial charge on any atom is -0.508 e. The molecule has 0 aromatic heterocycles. The monoisotopic (exact) mass is 318 g/mol. The zero-order chi connectivity index (χ0) is 17.4. The highest BCUT2D eigenvalue weighted by Crippen LogP contribution is 2.14. The van der Waals surface area contributed by atoms with Crippen molar-refractivity contribution in [1.82, 2.24) is 4.90 Å². The molecule has 0 aliphatic heterocycles. The molecule has 23 heavy (non-hydrogen) atoms. The minimum atomic E-state index is -1.33. The van der Waals surface area contributed by atoms with E-state index in [1.807, 2.05) is 0 Å². The Morgan fingerprint density at radius 3 is 2.35 bits per heavy atom. The first-order valence-corrected chi connectivity index (χ1v) is 6.36. The number of carbonyl (C=O) groups excluding carboxylic acids is 2. The number of aromatic hydroxyl groups is 1. The van der Waals surface area contributed by atoms with E-state index in [0.717, 1.165) is 7.11 Å². The number of methoxy groups -OCH3 is 1. The van der Waals surface area contributed by atoms with Gasteiger partial charge in [0, 0.05) is 0 Å². The van der Waals surface area contributed by atoms with Crippen molar-refractivity contribution in [3.05, 3.63) is 35.4 Å². The second kappa shape index (κ2) is 8.19. The van der Waals surface area contributed by atoms with E-state index < -0.39 is 30.9 Å². The number of phenols is 1. The van der Waals surface area contributed by atoms with Crippen LogP contribution < -0.4 is 0 Å². The maximum absolute atomic E-state index is 12.2. The molecular weight excluding hydrogens is 304 g/mol. The number of carbonyl (C=O) groups is 3. The molecule has 0 atom stereocenters. The molecule has 0 radical (unpaired) electrons. The lowest BCUT2D eigenvalue weighted by atomic mass is 10.1. The average molecular weight is 318 g/mol.